The molecule has 0 spiro atoms. The summed E-state index contributed by atoms with van der Waals surface area (Å²) in [6, 6.07) is 7.00. The molecule has 1 aliphatic heterocycles. The molecular formula is C17H28N2. The molecule has 1 heterocycles. The Hall–Kier alpha value is -0.860. The van der Waals surface area contributed by atoms with Crippen molar-refractivity contribution in [2.75, 3.05) is 33.2 Å². The maximum atomic E-state index is 2.57. The molecule has 0 radical (unpaired) electrons. The number of aryl methyl sites for hydroxylation is 1. The zero-order valence-electron chi connectivity index (χ0n) is 13.2. The lowest BCUT2D eigenvalue weighted by molar-refractivity contribution is 0.148. The van der Waals surface area contributed by atoms with Crippen LogP contribution in [0.4, 0.5) is 0 Å². The van der Waals surface area contributed by atoms with E-state index in [0.29, 0.717) is 0 Å². The molecule has 0 unspecified atom stereocenters. The molecule has 0 saturated carbocycles. The van der Waals surface area contributed by atoms with Gasteiger partial charge in [-0.25, -0.2) is 0 Å². The van der Waals surface area contributed by atoms with Crippen molar-refractivity contribution >= 4 is 0 Å². The van der Waals surface area contributed by atoms with Gasteiger partial charge in [0.2, 0.25) is 0 Å². The molecule has 0 amide bonds. The maximum absolute atomic E-state index is 2.57. The Morgan fingerprint density at radius 2 is 1.68 bits per heavy atom. The molecule has 2 nitrogen and oxygen atoms in total. The van der Waals surface area contributed by atoms with Crippen LogP contribution in [0.1, 0.15) is 37.5 Å². The van der Waals surface area contributed by atoms with Crippen LogP contribution in [0.2, 0.25) is 0 Å². The number of nitrogens with zero attached hydrogens (tertiary/aromatic N) is 2. The summed E-state index contributed by atoms with van der Waals surface area (Å²) in [6.07, 6.45) is 0. The first-order valence-corrected chi connectivity index (χ1v) is 7.37. The standard InChI is InChI=1S/C17H28N2/c1-14-12-16(17(2,3)4)7-6-15(14)13-19-10-8-18(5)9-11-19/h6-7,12H,8-11,13H2,1-5H3. The molecule has 1 fully saturated rings. The van der Waals surface area contributed by atoms with E-state index < -0.39 is 0 Å². The molecule has 1 aliphatic rings. The molecule has 0 bridgehead atoms. The first-order chi connectivity index (χ1) is 8.86. The second kappa shape index (κ2) is 5.64. The first kappa shape index (κ1) is 14.5. The SMILES string of the molecule is Cc1cc(C(C)(C)C)ccc1CN1CCN(C)CC1. The predicted molar refractivity (Wildman–Crippen MR) is 82.7 cm³/mol. The minimum absolute atomic E-state index is 0.247. The van der Waals surface area contributed by atoms with E-state index in [1.807, 2.05) is 0 Å². The van der Waals surface area contributed by atoms with Gasteiger partial charge in [-0.1, -0.05) is 39.0 Å². The van der Waals surface area contributed by atoms with Crippen LogP contribution < -0.4 is 0 Å². The second-order valence-corrected chi connectivity index (χ2v) is 6.97. The number of likely N-dealkylation sites (N-methyl/N-ethyl adjacent to an activating group) is 1. The average Bonchev–Trinajstić information content (AvgIpc) is 2.33. The van der Waals surface area contributed by atoms with Crippen molar-refractivity contribution < 1.29 is 0 Å². The van der Waals surface area contributed by atoms with Gasteiger partial charge in [0.15, 0.2) is 0 Å². The largest absolute Gasteiger partial charge is 0.304 e. The summed E-state index contributed by atoms with van der Waals surface area (Å²) >= 11 is 0. The average molecular weight is 260 g/mol. The summed E-state index contributed by atoms with van der Waals surface area (Å²) < 4.78 is 0. The summed E-state index contributed by atoms with van der Waals surface area (Å²) in [5.74, 6) is 0. The Morgan fingerprint density at radius 1 is 1.05 bits per heavy atom. The number of piperazine rings is 1. The summed E-state index contributed by atoms with van der Waals surface area (Å²) in [6.45, 7) is 15.0. The normalized spacial score (nSPS) is 18.8. The minimum atomic E-state index is 0.247. The van der Waals surface area contributed by atoms with E-state index in [2.05, 4.69) is 62.7 Å². The minimum Gasteiger partial charge on any atom is -0.304 e. The molecular weight excluding hydrogens is 232 g/mol. The van der Waals surface area contributed by atoms with Crippen molar-refractivity contribution in [1.82, 2.24) is 9.80 Å². The van der Waals surface area contributed by atoms with Crippen LogP contribution in [0.5, 0.6) is 0 Å². The molecule has 1 aromatic rings. The summed E-state index contributed by atoms with van der Waals surface area (Å²) in [5, 5.41) is 0. The van der Waals surface area contributed by atoms with E-state index in [1.165, 1.54) is 42.9 Å². The predicted octanol–water partition coefficient (Wildman–Crippen LogP) is 3.04. The van der Waals surface area contributed by atoms with Gasteiger partial charge in [0, 0.05) is 32.7 Å². The lowest BCUT2D eigenvalue weighted by atomic mass is 9.85. The van der Waals surface area contributed by atoms with Crippen LogP contribution in [-0.4, -0.2) is 43.0 Å². The maximum Gasteiger partial charge on any atom is 0.0237 e. The molecule has 2 heteroatoms. The van der Waals surface area contributed by atoms with E-state index >= 15 is 0 Å². The van der Waals surface area contributed by atoms with Gasteiger partial charge in [-0.3, -0.25) is 4.90 Å². The number of hydrogen-bond acceptors (Lipinski definition) is 2. The van der Waals surface area contributed by atoms with E-state index in [0.717, 1.165) is 6.54 Å². The van der Waals surface area contributed by atoms with E-state index in [-0.39, 0.29) is 5.41 Å². The number of benzene rings is 1. The van der Waals surface area contributed by atoms with Gasteiger partial charge in [0.25, 0.3) is 0 Å². The highest BCUT2D eigenvalue weighted by atomic mass is 15.2. The van der Waals surface area contributed by atoms with Crippen LogP contribution >= 0.6 is 0 Å². The first-order valence-electron chi connectivity index (χ1n) is 7.37. The van der Waals surface area contributed by atoms with Crippen LogP contribution in [0.3, 0.4) is 0 Å². The third-order valence-corrected chi connectivity index (χ3v) is 4.20. The van der Waals surface area contributed by atoms with Gasteiger partial charge in [-0.05, 0) is 36.1 Å². The summed E-state index contributed by atoms with van der Waals surface area (Å²) in [4.78, 5) is 4.98. The molecule has 1 saturated heterocycles. The topological polar surface area (TPSA) is 6.48 Å². The van der Waals surface area contributed by atoms with Crippen molar-refractivity contribution in [2.45, 2.75) is 39.7 Å². The van der Waals surface area contributed by atoms with Crippen molar-refractivity contribution in [3.8, 4) is 0 Å². The molecule has 2 rings (SSSR count). The highest BCUT2D eigenvalue weighted by Crippen LogP contribution is 2.25. The highest BCUT2D eigenvalue weighted by molar-refractivity contribution is 5.34. The van der Waals surface area contributed by atoms with Gasteiger partial charge in [0.05, 0.1) is 0 Å². The van der Waals surface area contributed by atoms with E-state index in [1.54, 1.807) is 0 Å². The Bertz CT molecular complexity index is 423. The molecule has 19 heavy (non-hydrogen) atoms. The lowest BCUT2D eigenvalue weighted by Crippen LogP contribution is -2.43. The Balaban J connectivity index is 2.05. The molecule has 1 aromatic carbocycles. The zero-order chi connectivity index (χ0) is 14.0. The Morgan fingerprint density at radius 3 is 2.21 bits per heavy atom. The van der Waals surface area contributed by atoms with Crippen molar-refractivity contribution in [3.05, 3.63) is 34.9 Å². The van der Waals surface area contributed by atoms with Gasteiger partial charge in [-0.2, -0.15) is 0 Å². The van der Waals surface area contributed by atoms with Crippen LogP contribution in [-0.2, 0) is 12.0 Å². The third kappa shape index (κ3) is 3.80. The highest BCUT2D eigenvalue weighted by Gasteiger charge is 2.17. The van der Waals surface area contributed by atoms with E-state index in [9.17, 15) is 0 Å². The fraction of sp³-hybridized carbons (Fsp3) is 0.647. The summed E-state index contributed by atoms with van der Waals surface area (Å²) in [7, 11) is 2.21. The molecule has 0 aromatic heterocycles. The van der Waals surface area contributed by atoms with Gasteiger partial charge >= 0.3 is 0 Å². The second-order valence-electron chi connectivity index (χ2n) is 6.97. The smallest absolute Gasteiger partial charge is 0.0237 e. The van der Waals surface area contributed by atoms with Crippen LogP contribution in [0.15, 0.2) is 18.2 Å². The van der Waals surface area contributed by atoms with Gasteiger partial charge in [0.1, 0.15) is 0 Å². The quantitative estimate of drug-likeness (QED) is 0.806. The molecule has 0 aliphatic carbocycles. The van der Waals surface area contributed by atoms with E-state index in [4.69, 9.17) is 0 Å². The Kier molecular flexibility index (Phi) is 4.32. The monoisotopic (exact) mass is 260 g/mol. The summed E-state index contributed by atoms with van der Waals surface area (Å²) in [5.41, 5.74) is 4.60. The molecule has 0 N–H and O–H groups in total. The third-order valence-electron chi connectivity index (χ3n) is 4.20. The molecule has 0 atom stereocenters. The number of hydrogen-bond donors (Lipinski definition) is 0. The molecule has 106 valence electrons. The zero-order valence-corrected chi connectivity index (χ0v) is 13.2. The fourth-order valence-corrected chi connectivity index (χ4v) is 2.59. The van der Waals surface area contributed by atoms with Crippen LogP contribution in [0, 0.1) is 6.92 Å². The lowest BCUT2D eigenvalue weighted by Gasteiger charge is -2.32. The van der Waals surface area contributed by atoms with Crippen molar-refractivity contribution in [3.63, 3.8) is 0 Å². The van der Waals surface area contributed by atoms with Gasteiger partial charge < -0.3 is 4.90 Å². The number of rotatable bonds is 2. The van der Waals surface area contributed by atoms with Crippen LogP contribution in [0.25, 0.3) is 0 Å². The fourth-order valence-electron chi connectivity index (χ4n) is 2.59. The van der Waals surface area contributed by atoms with Gasteiger partial charge in [-0.15, -0.1) is 0 Å². The van der Waals surface area contributed by atoms with Crippen molar-refractivity contribution in [1.29, 1.82) is 0 Å². The van der Waals surface area contributed by atoms with Crippen molar-refractivity contribution in [2.24, 2.45) is 0 Å². The Labute approximate surface area is 118 Å².